The summed E-state index contributed by atoms with van der Waals surface area (Å²) in [5.41, 5.74) is 3.95. The number of aromatic nitrogens is 1. The lowest BCUT2D eigenvalue weighted by Crippen LogP contribution is -2.12. The van der Waals surface area contributed by atoms with Crippen LogP contribution in [0.3, 0.4) is 0 Å². The molecule has 0 radical (unpaired) electrons. The number of rotatable bonds is 7. The third-order valence-corrected chi connectivity index (χ3v) is 5.25. The molecule has 1 aliphatic rings. The van der Waals surface area contributed by atoms with Crippen LogP contribution >= 0.6 is 11.6 Å². The van der Waals surface area contributed by atoms with E-state index in [0.717, 1.165) is 22.4 Å². The normalized spacial score (nSPS) is 12.6. The molecule has 0 aliphatic carbocycles. The van der Waals surface area contributed by atoms with E-state index in [-0.39, 0.29) is 17.5 Å². The van der Waals surface area contributed by atoms with Gasteiger partial charge in [0.2, 0.25) is 0 Å². The molecule has 0 spiro atoms. The van der Waals surface area contributed by atoms with Gasteiger partial charge in [-0.15, -0.1) is 0 Å². The third-order valence-electron chi connectivity index (χ3n) is 4.92. The summed E-state index contributed by atoms with van der Waals surface area (Å²) in [7, 11) is 0. The van der Waals surface area contributed by atoms with Crippen molar-refractivity contribution in [3.05, 3.63) is 76.3 Å². The molecular formula is C24H22ClN3O3. The highest BCUT2D eigenvalue weighted by Crippen LogP contribution is 2.31. The van der Waals surface area contributed by atoms with Crippen LogP contribution in [0.4, 0.5) is 11.5 Å². The van der Waals surface area contributed by atoms with Crippen molar-refractivity contribution in [2.45, 2.75) is 33.1 Å². The van der Waals surface area contributed by atoms with Gasteiger partial charge in [-0.2, -0.15) is 0 Å². The molecule has 3 aromatic rings. The number of carbonyl (C=O) groups excluding carboxylic acids is 2. The van der Waals surface area contributed by atoms with E-state index >= 15 is 0 Å². The summed E-state index contributed by atoms with van der Waals surface area (Å²) in [6.45, 7) is 4.07. The van der Waals surface area contributed by atoms with Crippen molar-refractivity contribution in [2.24, 2.45) is 10.9 Å². The Hall–Kier alpha value is -3.25. The van der Waals surface area contributed by atoms with Gasteiger partial charge < -0.3 is 9.73 Å². The van der Waals surface area contributed by atoms with Gasteiger partial charge in [0.1, 0.15) is 5.78 Å². The Balaban J connectivity index is 1.51. The predicted molar refractivity (Wildman–Crippen MR) is 120 cm³/mol. The van der Waals surface area contributed by atoms with E-state index in [1.165, 1.54) is 6.26 Å². The number of nitrogens with zero attached hydrogens (tertiary/aromatic N) is 2. The van der Waals surface area contributed by atoms with Gasteiger partial charge in [-0.25, -0.2) is 9.98 Å². The quantitative estimate of drug-likeness (QED) is 0.537. The maximum absolute atomic E-state index is 12.3. The molecule has 0 saturated carbocycles. The highest BCUT2D eigenvalue weighted by Gasteiger charge is 2.21. The van der Waals surface area contributed by atoms with Crippen molar-refractivity contribution >= 4 is 40.5 Å². The number of pyridine rings is 1. The summed E-state index contributed by atoms with van der Waals surface area (Å²) < 4.78 is 5.13. The van der Waals surface area contributed by atoms with E-state index in [4.69, 9.17) is 16.0 Å². The summed E-state index contributed by atoms with van der Waals surface area (Å²) in [6, 6.07) is 10.5. The third kappa shape index (κ3) is 4.91. The van der Waals surface area contributed by atoms with Gasteiger partial charge in [0.25, 0.3) is 5.91 Å². The maximum Gasteiger partial charge on any atom is 0.291 e. The molecule has 6 nitrogen and oxygen atoms in total. The monoisotopic (exact) mass is 435 g/mol. The standard InChI is InChI=1S/C24H22ClN3O3/c1-14(2)8-18(29)10-15-9-16-11-21(28-23(16)26-13-15)19-12-17(5-6-20(19)25)27-24(30)22-4-3-7-31-22/h3-7,9,12-14H,8,10-11H2,1-2H3,(H,27,30). The van der Waals surface area contributed by atoms with Gasteiger partial charge in [0, 0.05) is 47.3 Å². The molecule has 0 bridgehead atoms. The predicted octanol–water partition coefficient (Wildman–Crippen LogP) is 5.41. The molecule has 1 N–H and O–H groups in total. The van der Waals surface area contributed by atoms with Crippen LogP contribution in [0.15, 0.2) is 58.3 Å². The Labute approximate surface area is 185 Å². The minimum Gasteiger partial charge on any atom is -0.459 e. The molecule has 1 amide bonds. The second-order valence-corrected chi connectivity index (χ2v) is 8.41. The summed E-state index contributed by atoms with van der Waals surface area (Å²) in [5.74, 6) is 1.07. The Morgan fingerprint density at radius 3 is 2.81 bits per heavy atom. The molecular weight excluding hydrogens is 414 g/mol. The van der Waals surface area contributed by atoms with Gasteiger partial charge in [-0.3, -0.25) is 9.59 Å². The van der Waals surface area contributed by atoms with Gasteiger partial charge >= 0.3 is 0 Å². The second kappa shape index (κ2) is 8.86. The van der Waals surface area contributed by atoms with Crippen LogP contribution in [-0.4, -0.2) is 22.4 Å². The number of nitrogens with one attached hydrogen (secondary N) is 1. The fourth-order valence-electron chi connectivity index (χ4n) is 3.56. The first-order valence-electron chi connectivity index (χ1n) is 10.1. The summed E-state index contributed by atoms with van der Waals surface area (Å²) >= 11 is 6.43. The van der Waals surface area contributed by atoms with Gasteiger partial charge in [-0.05, 0) is 47.9 Å². The summed E-state index contributed by atoms with van der Waals surface area (Å²) in [6.07, 6.45) is 4.66. The van der Waals surface area contributed by atoms with Crippen LogP contribution in [0.5, 0.6) is 0 Å². The minimum absolute atomic E-state index is 0.207. The molecule has 3 heterocycles. The highest BCUT2D eigenvalue weighted by atomic mass is 35.5. The number of aliphatic imine (C=N–C) groups is 1. The van der Waals surface area contributed by atoms with Crippen molar-refractivity contribution in [2.75, 3.05) is 5.32 Å². The van der Waals surface area contributed by atoms with Gasteiger partial charge in [0.15, 0.2) is 11.6 Å². The van der Waals surface area contributed by atoms with Crippen molar-refractivity contribution in [3.8, 4) is 0 Å². The van der Waals surface area contributed by atoms with Crippen molar-refractivity contribution in [1.82, 2.24) is 4.98 Å². The van der Waals surface area contributed by atoms with Crippen LogP contribution < -0.4 is 5.32 Å². The molecule has 0 atom stereocenters. The van der Waals surface area contributed by atoms with E-state index in [1.807, 2.05) is 19.9 Å². The molecule has 4 rings (SSSR count). The zero-order valence-electron chi connectivity index (χ0n) is 17.3. The van der Waals surface area contributed by atoms with Gasteiger partial charge in [-0.1, -0.05) is 25.4 Å². The molecule has 1 aromatic carbocycles. The SMILES string of the molecule is CC(C)CC(=O)Cc1cnc2c(c1)CC(c1cc(NC(=O)c3ccco3)ccc1Cl)=N2. The molecule has 7 heteroatoms. The Kier molecular flexibility index (Phi) is 6.00. The average molecular weight is 436 g/mol. The number of furan rings is 1. The molecule has 2 aromatic heterocycles. The summed E-state index contributed by atoms with van der Waals surface area (Å²) in [5, 5.41) is 3.34. The number of hydrogen-bond acceptors (Lipinski definition) is 5. The smallest absolute Gasteiger partial charge is 0.291 e. The van der Waals surface area contributed by atoms with E-state index in [0.29, 0.717) is 41.7 Å². The van der Waals surface area contributed by atoms with Gasteiger partial charge in [0.05, 0.1) is 12.0 Å². The van der Waals surface area contributed by atoms with Crippen LogP contribution in [-0.2, 0) is 17.6 Å². The number of fused-ring (bicyclic) bond motifs is 1. The number of hydrogen-bond donors (Lipinski definition) is 1. The highest BCUT2D eigenvalue weighted by molar-refractivity contribution is 6.34. The van der Waals surface area contributed by atoms with Crippen LogP contribution in [0, 0.1) is 5.92 Å². The van der Waals surface area contributed by atoms with E-state index in [2.05, 4.69) is 15.3 Å². The van der Waals surface area contributed by atoms with E-state index in [9.17, 15) is 9.59 Å². The fraction of sp³-hybridized carbons (Fsp3) is 0.250. The number of benzene rings is 1. The molecule has 158 valence electrons. The number of amides is 1. The van der Waals surface area contributed by atoms with Crippen molar-refractivity contribution in [3.63, 3.8) is 0 Å². The maximum atomic E-state index is 12.3. The lowest BCUT2D eigenvalue weighted by atomic mass is 9.99. The van der Waals surface area contributed by atoms with E-state index in [1.54, 1.807) is 36.5 Å². The minimum atomic E-state index is -0.340. The Morgan fingerprint density at radius 2 is 2.06 bits per heavy atom. The zero-order valence-corrected chi connectivity index (χ0v) is 18.1. The Bertz CT molecular complexity index is 1170. The molecule has 1 aliphatic heterocycles. The van der Waals surface area contributed by atoms with Crippen LogP contribution in [0.2, 0.25) is 5.02 Å². The van der Waals surface area contributed by atoms with Crippen molar-refractivity contribution < 1.29 is 14.0 Å². The Morgan fingerprint density at radius 1 is 1.23 bits per heavy atom. The molecule has 0 fully saturated rings. The van der Waals surface area contributed by atoms with E-state index < -0.39 is 0 Å². The number of carbonyl (C=O) groups is 2. The average Bonchev–Trinajstić information content (AvgIpc) is 3.38. The first-order valence-corrected chi connectivity index (χ1v) is 10.5. The fourth-order valence-corrected chi connectivity index (χ4v) is 3.79. The molecule has 0 saturated heterocycles. The first kappa shape index (κ1) is 21.0. The number of ketones is 1. The van der Waals surface area contributed by atoms with Crippen LogP contribution in [0.1, 0.15) is 47.5 Å². The largest absolute Gasteiger partial charge is 0.459 e. The summed E-state index contributed by atoms with van der Waals surface area (Å²) in [4.78, 5) is 33.5. The lowest BCUT2D eigenvalue weighted by Gasteiger charge is -2.08. The topological polar surface area (TPSA) is 84.6 Å². The molecule has 31 heavy (non-hydrogen) atoms. The number of Topliss-reactive ketones (excluding diaryl/α,β-unsaturated/α-hetero) is 1. The zero-order chi connectivity index (χ0) is 22.0. The molecule has 0 unspecified atom stereocenters. The lowest BCUT2D eigenvalue weighted by molar-refractivity contribution is -0.119. The van der Waals surface area contributed by atoms with Crippen molar-refractivity contribution in [1.29, 1.82) is 0 Å². The second-order valence-electron chi connectivity index (χ2n) is 8.00. The number of halogens is 1. The first-order chi connectivity index (χ1) is 14.9. The number of anilines is 1. The van der Waals surface area contributed by atoms with Crippen LogP contribution in [0.25, 0.3) is 0 Å².